The number of aliphatic imine (C=N–C) groups is 1. The van der Waals surface area contributed by atoms with Gasteiger partial charge in [0, 0.05) is 52.2 Å². The Bertz CT molecular complexity index is 613. The lowest BCUT2D eigenvalue weighted by Crippen LogP contribution is -2.43. The molecule has 1 atom stereocenters. The van der Waals surface area contributed by atoms with E-state index in [1.807, 2.05) is 6.07 Å². The van der Waals surface area contributed by atoms with Crippen molar-refractivity contribution in [1.29, 1.82) is 0 Å². The number of hydrogen-bond acceptors (Lipinski definition) is 4. The Kier molecular flexibility index (Phi) is 10.3. The van der Waals surface area contributed by atoms with E-state index in [-0.39, 0.29) is 24.0 Å². The average molecular weight is 530 g/mol. The molecule has 2 saturated heterocycles. The maximum Gasteiger partial charge on any atom is 0.193 e. The van der Waals surface area contributed by atoms with Crippen molar-refractivity contribution in [2.45, 2.75) is 44.9 Å². The van der Waals surface area contributed by atoms with Crippen molar-refractivity contribution in [2.24, 2.45) is 16.8 Å². The van der Waals surface area contributed by atoms with Crippen LogP contribution in [0.4, 0.5) is 0 Å². The molecule has 1 aliphatic carbocycles. The second-order valence-electron chi connectivity index (χ2n) is 8.94. The van der Waals surface area contributed by atoms with Crippen molar-refractivity contribution in [3.05, 3.63) is 24.2 Å². The van der Waals surface area contributed by atoms with Gasteiger partial charge in [0.05, 0.1) is 19.5 Å². The summed E-state index contributed by atoms with van der Waals surface area (Å²) in [6, 6.07) is 4.01. The van der Waals surface area contributed by atoms with Gasteiger partial charge in [-0.3, -0.25) is 9.89 Å². The number of rotatable bonds is 7. The summed E-state index contributed by atoms with van der Waals surface area (Å²) in [6.07, 6.45) is 10.8. The molecule has 0 amide bonds. The van der Waals surface area contributed by atoms with E-state index in [4.69, 9.17) is 14.1 Å². The van der Waals surface area contributed by atoms with Crippen LogP contribution in [0.5, 0.6) is 0 Å². The lowest BCUT2D eigenvalue weighted by atomic mass is 9.89. The van der Waals surface area contributed by atoms with E-state index in [0.717, 1.165) is 82.5 Å². The molecule has 1 saturated carbocycles. The number of nitrogens with zero attached hydrogens (tertiary/aromatic N) is 3. The van der Waals surface area contributed by atoms with Gasteiger partial charge in [0.1, 0.15) is 5.76 Å². The van der Waals surface area contributed by atoms with Gasteiger partial charge in [-0.25, -0.2) is 0 Å². The molecular weight excluding hydrogens is 491 g/mol. The number of halogens is 1. The SMILES string of the molecule is I.c1coc(CCNC(=NCC2CCCCC2)N2CCC(CN3CCOCC3)C2)c1. The quantitative estimate of drug-likeness (QED) is 0.332. The molecule has 170 valence electrons. The third-order valence-electron chi connectivity index (χ3n) is 6.66. The Balaban J connectivity index is 0.00000256. The second-order valence-corrected chi connectivity index (χ2v) is 8.94. The molecule has 1 N–H and O–H groups in total. The molecule has 3 aliphatic rings. The monoisotopic (exact) mass is 530 g/mol. The van der Waals surface area contributed by atoms with Gasteiger partial charge in [-0.1, -0.05) is 19.3 Å². The molecule has 3 heterocycles. The second kappa shape index (κ2) is 12.9. The van der Waals surface area contributed by atoms with E-state index < -0.39 is 0 Å². The normalized spacial score (nSPS) is 24.1. The number of hydrogen-bond donors (Lipinski definition) is 1. The molecule has 0 aromatic carbocycles. The van der Waals surface area contributed by atoms with Crippen LogP contribution in [-0.2, 0) is 11.2 Å². The van der Waals surface area contributed by atoms with Gasteiger partial charge in [-0.15, -0.1) is 24.0 Å². The molecule has 3 fully saturated rings. The van der Waals surface area contributed by atoms with Gasteiger partial charge in [0.2, 0.25) is 0 Å². The molecule has 2 aliphatic heterocycles. The van der Waals surface area contributed by atoms with E-state index in [9.17, 15) is 0 Å². The molecule has 1 unspecified atom stereocenters. The van der Waals surface area contributed by atoms with E-state index in [1.165, 1.54) is 45.1 Å². The summed E-state index contributed by atoms with van der Waals surface area (Å²) in [5.41, 5.74) is 0. The Morgan fingerprint density at radius 1 is 1.07 bits per heavy atom. The lowest BCUT2D eigenvalue weighted by Gasteiger charge is -2.29. The van der Waals surface area contributed by atoms with Crippen LogP contribution in [0.25, 0.3) is 0 Å². The standard InChI is InChI=1S/C23H38N4O2.HI/c1-2-5-20(6-3-1)17-25-23(24-10-8-22-7-4-14-29-22)27-11-9-21(19-27)18-26-12-15-28-16-13-26;/h4,7,14,20-21H,1-3,5-6,8-13,15-19H2,(H,24,25);1H. The topological polar surface area (TPSA) is 53.2 Å². The Labute approximate surface area is 198 Å². The number of likely N-dealkylation sites (tertiary alicyclic amines) is 1. The third kappa shape index (κ3) is 7.41. The first-order chi connectivity index (χ1) is 14.4. The number of nitrogens with one attached hydrogen (secondary N) is 1. The number of morpholine rings is 1. The predicted molar refractivity (Wildman–Crippen MR) is 132 cm³/mol. The lowest BCUT2D eigenvalue weighted by molar-refractivity contribution is 0.0315. The zero-order valence-corrected chi connectivity index (χ0v) is 20.6. The van der Waals surface area contributed by atoms with Crippen molar-refractivity contribution in [3.63, 3.8) is 0 Å². The number of guanidine groups is 1. The zero-order chi connectivity index (χ0) is 19.7. The minimum atomic E-state index is 0. The van der Waals surface area contributed by atoms with Gasteiger partial charge in [0.15, 0.2) is 5.96 Å². The minimum Gasteiger partial charge on any atom is -0.469 e. The fraction of sp³-hybridized carbons (Fsp3) is 0.783. The van der Waals surface area contributed by atoms with Crippen molar-refractivity contribution in [1.82, 2.24) is 15.1 Å². The molecule has 1 aromatic rings. The first kappa shape index (κ1) is 23.9. The highest BCUT2D eigenvalue weighted by Crippen LogP contribution is 2.24. The van der Waals surface area contributed by atoms with Gasteiger partial charge >= 0.3 is 0 Å². The molecular formula is C23H39IN4O2. The average Bonchev–Trinajstić information content (AvgIpc) is 3.44. The van der Waals surface area contributed by atoms with Crippen LogP contribution in [-0.4, -0.2) is 74.8 Å². The Morgan fingerprint density at radius 2 is 1.90 bits per heavy atom. The molecule has 4 rings (SSSR count). The van der Waals surface area contributed by atoms with E-state index >= 15 is 0 Å². The summed E-state index contributed by atoms with van der Waals surface area (Å²) >= 11 is 0. The molecule has 0 bridgehead atoms. The van der Waals surface area contributed by atoms with Crippen LogP contribution >= 0.6 is 24.0 Å². The molecule has 7 heteroatoms. The van der Waals surface area contributed by atoms with E-state index in [1.54, 1.807) is 6.26 Å². The highest BCUT2D eigenvalue weighted by Gasteiger charge is 2.27. The largest absolute Gasteiger partial charge is 0.469 e. The summed E-state index contributed by atoms with van der Waals surface area (Å²) in [5.74, 6) is 3.67. The first-order valence-electron chi connectivity index (χ1n) is 11.7. The maximum absolute atomic E-state index is 5.50. The molecule has 30 heavy (non-hydrogen) atoms. The van der Waals surface area contributed by atoms with Crippen LogP contribution < -0.4 is 5.32 Å². The number of furan rings is 1. The Morgan fingerprint density at radius 3 is 2.67 bits per heavy atom. The third-order valence-corrected chi connectivity index (χ3v) is 6.66. The highest BCUT2D eigenvalue weighted by molar-refractivity contribution is 14.0. The minimum absolute atomic E-state index is 0. The Hall–Kier alpha value is -0.800. The van der Waals surface area contributed by atoms with Crippen LogP contribution in [0.15, 0.2) is 27.8 Å². The van der Waals surface area contributed by atoms with E-state index in [0.29, 0.717) is 0 Å². The summed E-state index contributed by atoms with van der Waals surface area (Å²) in [4.78, 5) is 10.2. The fourth-order valence-corrected chi connectivity index (χ4v) is 4.93. The van der Waals surface area contributed by atoms with Gasteiger partial charge in [-0.05, 0) is 43.2 Å². The number of ether oxygens (including phenoxy) is 1. The van der Waals surface area contributed by atoms with Crippen LogP contribution in [0.2, 0.25) is 0 Å². The van der Waals surface area contributed by atoms with Crippen LogP contribution in [0.3, 0.4) is 0 Å². The van der Waals surface area contributed by atoms with Crippen molar-refractivity contribution in [2.75, 3.05) is 59.0 Å². The maximum atomic E-state index is 5.50. The zero-order valence-electron chi connectivity index (χ0n) is 18.3. The van der Waals surface area contributed by atoms with Crippen LogP contribution in [0.1, 0.15) is 44.3 Å². The fourth-order valence-electron chi connectivity index (χ4n) is 4.93. The van der Waals surface area contributed by atoms with Gasteiger partial charge < -0.3 is 19.4 Å². The van der Waals surface area contributed by atoms with E-state index in [2.05, 4.69) is 21.2 Å². The molecule has 0 spiro atoms. The van der Waals surface area contributed by atoms with Crippen molar-refractivity contribution < 1.29 is 9.15 Å². The van der Waals surface area contributed by atoms with Crippen molar-refractivity contribution >= 4 is 29.9 Å². The highest BCUT2D eigenvalue weighted by atomic mass is 127. The molecule has 0 radical (unpaired) electrons. The van der Waals surface area contributed by atoms with Gasteiger partial charge in [0.25, 0.3) is 0 Å². The smallest absolute Gasteiger partial charge is 0.193 e. The first-order valence-corrected chi connectivity index (χ1v) is 11.7. The summed E-state index contributed by atoms with van der Waals surface area (Å²) < 4.78 is 11.0. The van der Waals surface area contributed by atoms with Gasteiger partial charge in [-0.2, -0.15) is 0 Å². The molecule has 6 nitrogen and oxygen atoms in total. The predicted octanol–water partition coefficient (Wildman–Crippen LogP) is 3.62. The summed E-state index contributed by atoms with van der Waals surface area (Å²) in [6.45, 7) is 9.23. The van der Waals surface area contributed by atoms with Crippen molar-refractivity contribution in [3.8, 4) is 0 Å². The summed E-state index contributed by atoms with van der Waals surface area (Å²) in [7, 11) is 0. The summed E-state index contributed by atoms with van der Waals surface area (Å²) in [5, 5.41) is 3.65. The molecule has 1 aromatic heterocycles. The van der Waals surface area contributed by atoms with Crippen LogP contribution in [0, 0.1) is 11.8 Å².